The summed E-state index contributed by atoms with van der Waals surface area (Å²) in [6, 6.07) is 7.15. The predicted molar refractivity (Wildman–Crippen MR) is 43.1 cm³/mol. The van der Waals surface area contributed by atoms with E-state index in [-0.39, 0.29) is 43.3 Å². The second kappa shape index (κ2) is 6.84. The van der Waals surface area contributed by atoms with Gasteiger partial charge in [0.15, 0.2) is 0 Å². The summed E-state index contributed by atoms with van der Waals surface area (Å²) < 4.78 is 0.620. The summed E-state index contributed by atoms with van der Waals surface area (Å²) in [6.45, 7) is 0. The Morgan fingerprint density at radius 2 is 2.17 bits per heavy atom. The molecule has 0 bridgehead atoms. The molecule has 0 heterocycles. The fraction of sp³-hybridized carbons (Fsp3) is 0. The molecule has 52 valence electrons. The van der Waals surface area contributed by atoms with Gasteiger partial charge in [0.25, 0.3) is 0 Å². The Morgan fingerprint density at radius 1 is 1.58 bits per heavy atom. The molecule has 0 unspecified atom stereocenters. The van der Waals surface area contributed by atoms with E-state index in [1.54, 1.807) is 0 Å². The van der Waals surface area contributed by atoms with Crippen LogP contribution in [0.5, 0.6) is 0 Å². The van der Waals surface area contributed by atoms with Gasteiger partial charge in [-0.1, -0.05) is 28.1 Å². The Labute approximate surface area is 103 Å². The van der Waals surface area contributed by atoms with Gasteiger partial charge in [-0.25, -0.2) is 0 Å². The summed E-state index contributed by atoms with van der Waals surface area (Å²) in [5, 5.41) is 10.2. The molecule has 1 aromatic carbocycles. The fourth-order valence-electron chi connectivity index (χ4n) is 0.564. The normalized spacial score (nSPS) is 7.75. The third kappa shape index (κ3) is 4.41. The minimum absolute atomic E-state index is 0. The first-order valence-corrected chi connectivity index (χ1v) is 3.38. The molecule has 0 aliphatic heterocycles. The Balaban J connectivity index is 0. The van der Waals surface area contributed by atoms with Crippen molar-refractivity contribution in [3.8, 4) is 0 Å². The molecule has 0 fully saturated rings. The molecule has 0 atom stereocenters. The van der Waals surface area contributed by atoms with Gasteiger partial charge in [0.2, 0.25) is 0 Å². The third-order valence-electron chi connectivity index (χ3n) is 1.00. The van der Waals surface area contributed by atoms with Crippen LogP contribution in [-0.2, 0) is 0 Å². The van der Waals surface area contributed by atoms with Crippen molar-refractivity contribution in [1.82, 2.24) is 0 Å². The predicted octanol–water partition coefficient (Wildman–Crippen LogP) is -2.76. The number of hydrogen-bond acceptors (Lipinski definition) is 2. The van der Waals surface area contributed by atoms with E-state index >= 15 is 0 Å². The molecule has 5 heteroatoms. The molecule has 0 spiro atoms. The summed E-state index contributed by atoms with van der Waals surface area (Å²) in [5.41, 5.74) is 0.158. The van der Waals surface area contributed by atoms with Crippen LogP contribution in [0, 0.1) is 6.07 Å². The van der Waals surface area contributed by atoms with E-state index < -0.39 is 5.97 Å². The Kier molecular flexibility index (Phi) is 8.47. The Bertz CT molecular complexity index is 265. The second-order valence-electron chi connectivity index (χ2n) is 1.71. The summed E-state index contributed by atoms with van der Waals surface area (Å²) in [7, 11) is 0. The molecular weight excluding hydrogens is 210 g/mol. The van der Waals surface area contributed by atoms with Crippen molar-refractivity contribution in [3.63, 3.8) is 0 Å². The smallest absolute Gasteiger partial charge is 0.545 e. The van der Waals surface area contributed by atoms with E-state index in [1.165, 1.54) is 18.2 Å². The molecule has 0 saturated carbocycles. The zero-order valence-electron chi connectivity index (χ0n) is 6.93. The summed E-state index contributed by atoms with van der Waals surface area (Å²) in [6.07, 6.45) is 0. The zero-order chi connectivity index (χ0) is 7.56. The number of hydrogen-bond donors (Lipinski definition) is 0. The van der Waals surface area contributed by atoms with E-state index in [0.29, 0.717) is 4.47 Å². The first kappa shape index (κ1) is 14.9. The minimum Gasteiger partial charge on any atom is -0.545 e. The van der Waals surface area contributed by atoms with Crippen molar-refractivity contribution in [2.75, 3.05) is 0 Å². The topological polar surface area (TPSA) is 40.1 Å². The van der Waals surface area contributed by atoms with Gasteiger partial charge < -0.3 is 9.90 Å². The first-order chi connectivity index (χ1) is 4.70. The standard InChI is InChI=1S/C7H4BrO2.2Li/c8-6-3-1-2-5(4-6)7(9)10;;/h1-2,4H,(H,9,10);;/q;;+1/p-1. The Hall–Kier alpha value is 0.365. The molecule has 1 rings (SSSR count). The molecule has 12 heavy (non-hydrogen) atoms. The number of carbonyl (C=O) groups is 1. The van der Waals surface area contributed by atoms with Crippen LogP contribution in [0.25, 0.3) is 0 Å². The van der Waals surface area contributed by atoms with Gasteiger partial charge in [0.05, 0.1) is 5.97 Å². The van der Waals surface area contributed by atoms with Crippen molar-refractivity contribution in [1.29, 1.82) is 0 Å². The van der Waals surface area contributed by atoms with Crippen molar-refractivity contribution >= 4 is 40.8 Å². The van der Waals surface area contributed by atoms with Crippen LogP contribution >= 0.6 is 15.9 Å². The van der Waals surface area contributed by atoms with Crippen molar-refractivity contribution in [2.45, 2.75) is 0 Å². The van der Waals surface area contributed by atoms with Crippen molar-refractivity contribution in [3.05, 3.63) is 34.3 Å². The molecule has 0 saturated heterocycles. The molecule has 0 aliphatic rings. The number of benzene rings is 1. The zero-order valence-corrected chi connectivity index (χ0v) is 8.51. The second-order valence-corrected chi connectivity index (χ2v) is 2.57. The van der Waals surface area contributed by atoms with Gasteiger partial charge in [-0.15, -0.1) is 0 Å². The maximum atomic E-state index is 10.2. The molecule has 2 radical (unpaired) electrons. The van der Waals surface area contributed by atoms with Crippen LogP contribution in [0.15, 0.2) is 22.7 Å². The van der Waals surface area contributed by atoms with Gasteiger partial charge in [0.1, 0.15) is 0 Å². The largest absolute Gasteiger partial charge is 1.00 e. The average molecular weight is 213 g/mol. The van der Waals surface area contributed by atoms with Crippen LogP contribution in [0.4, 0.5) is 0 Å². The van der Waals surface area contributed by atoms with Crippen LogP contribution < -0.4 is 24.0 Å². The van der Waals surface area contributed by atoms with Crippen molar-refractivity contribution < 1.29 is 28.8 Å². The molecule has 0 amide bonds. The molecule has 0 aliphatic carbocycles. The van der Waals surface area contributed by atoms with Gasteiger partial charge >= 0.3 is 18.9 Å². The SMILES string of the molecule is O=C([O-])c1cc[c]c(Br)c1.[Li+].[Li]. The van der Waals surface area contributed by atoms with Crippen LogP contribution in [0.3, 0.4) is 0 Å². The van der Waals surface area contributed by atoms with E-state index in [9.17, 15) is 9.90 Å². The van der Waals surface area contributed by atoms with E-state index in [2.05, 4.69) is 22.0 Å². The number of carboxylic acid groups (broad SMARTS) is 1. The molecule has 1 aromatic rings. The number of halogens is 1. The summed E-state index contributed by atoms with van der Waals surface area (Å²) in [4.78, 5) is 10.2. The molecule has 0 aromatic heterocycles. The maximum absolute atomic E-state index is 10.2. The van der Waals surface area contributed by atoms with E-state index in [4.69, 9.17) is 0 Å². The third-order valence-corrected chi connectivity index (χ3v) is 1.46. The average Bonchev–Trinajstić information content (AvgIpc) is 1.88. The summed E-state index contributed by atoms with van der Waals surface area (Å²) in [5.74, 6) is -1.17. The number of rotatable bonds is 1. The molecule has 2 nitrogen and oxygen atoms in total. The molecular formula is C7H3BrLi2O2. The summed E-state index contributed by atoms with van der Waals surface area (Å²) >= 11 is 3.08. The van der Waals surface area contributed by atoms with Crippen LogP contribution in [-0.4, -0.2) is 24.8 Å². The number of carbonyl (C=O) groups excluding carboxylic acids is 1. The maximum Gasteiger partial charge on any atom is 1.00 e. The van der Waals surface area contributed by atoms with Gasteiger partial charge in [-0.05, 0) is 17.7 Å². The fourth-order valence-corrected chi connectivity index (χ4v) is 0.943. The van der Waals surface area contributed by atoms with Gasteiger partial charge in [0, 0.05) is 23.3 Å². The van der Waals surface area contributed by atoms with Crippen LogP contribution in [0.1, 0.15) is 10.4 Å². The number of aromatic carboxylic acids is 1. The Morgan fingerprint density at radius 3 is 2.50 bits per heavy atom. The number of carboxylic acids is 1. The minimum atomic E-state index is -1.17. The monoisotopic (exact) mass is 212 g/mol. The van der Waals surface area contributed by atoms with Crippen molar-refractivity contribution in [2.24, 2.45) is 0 Å². The first-order valence-electron chi connectivity index (χ1n) is 2.59. The molecule has 0 N–H and O–H groups in total. The van der Waals surface area contributed by atoms with Crippen LogP contribution in [0.2, 0.25) is 0 Å². The van der Waals surface area contributed by atoms with E-state index in [1.807, 2.05) is 0 Å². The van der Waals surface area contributed by atoms with Gasteiger partial charge in [-0.3, -0.25) is 0 Å². The van der Waals surface area contributed by atoms with E-state index in [0.717, 1.165) is 0 Å². The quantitative estimate of drug-likeness (QED) is 0.474. The van der Waals surface area contributed by atoms with Gasteiger partial charge in [-0.2, -0.15) is 0 Å².